The number of nitrogens with zero attached hydrogens (tertiary/aromatic N) is 3. The number of carbonyl (C=O) groups is 1. The molecule has 0 saturated carbocycles. The second-order valence-corrected chi connectivity index (χ2v) is 10.7. The maximum absolute atomic E-state index is 13.3. The van der Waals surface area contributed by atoms with E-state index < -0.39 is 21.5 Å². The number of thiazole rings is 1. The molecule has 0 N–H and O–H groups in total. The lowest BCUT2D eigenvalue weighted by Gasteiger charge is -2.20. The van der Waals surface area contributed by atoms with Gasteiger partial charge < -0.3 is 4.74 Å². The van der Waals surface area contributed by atoms with Crippen LogP contribution in [-0.4, -0.2) is 37.2 Å². The predicted molar refractivity (Wildman–Crippen MR) is 130 cm³/mol. The summed E-state index contributed by atoms with van der Waals surface area (Å²) in [6.45, 7) is 2.02. The van der Waals surface area contributed by atoms with E-state index in [0.717, 1.165) is 15.8 Å². The smallest absolute Gasteiger partial charge is 0.244 e. The van der Waals surface area contributed by atoms with Crippen LogP contribution in [0.2, 0.25) is 5.02 Å². The number of aryl methyl sites for hydroxylation is 1. The molecular formula is C23H20ClN3O4S2. The number of carbonyl (C=O) groups excluding carboxylic acids is 1. The number of amides is 1. The van der Waals surface area contributed by atoms with Crippen molar-refractivity contribution in [1.29, 1.82) is 0 Å². The number of hydrogen-bond acceptors (Lipinski definition) is 7. The Hall–Kier alpha value is -3.01. The molecule has 0 saturated heterocycles. The molecule has 0 spiro atoms. The largest absolute Gasteiger partial charge is 0.497 e. The van der Waals surface area contributed by atoms with Gasteiger partial charge in [0, 0.05) is 17.4 Å². The van der Waals surface area contributed by atoms with Crippen molar-refractivity contribution in [1.82, 2.24) is 9.97 Å². The molecule has 0 bridgehead atoms. The zero-order valence-electron chi connectivity index (χ0n) is 17.9. The predicted octanol–water partition coefficient (Wildman–Crippen LogP) is 4.67. The summed E-state index contributed by atoms with van der Waals surface area (Å²) in [5.41, 5.74) is 2.29. The van der Waals surface area contributed by atoms with Gasteiger partial charge in [-0.2, -0.15) is 0 Å². The van der Waals surface area contributed by atoms with Gasteiger partial charge in [-0.05, 0) is 66.6 Å². The van der Waals surface area contributed by atoms with Gasteiger partial charge in [0.1, 0.15) is 11.5 Å². The number of hydrogen-bond donors (Lipinski definition) is 0. The monoisotopic (exact) mass is 501 g/mol. The molecule has 7 nitrogen and oxygen atoms in total. The van der Waals surface area contributed by atoms with Crippen LogP contribution in [0, 0.1) is 6.92 Å². The van der Waals surface area contributed by atoms with Crippen molar-refractivity contribution in [3.63, 3.8) is 0 Å². The fraction of sp³-hybridized carbons (Fsp3) is 0.174. The molecule has 170 valence electrons. The van der Waals surface area contributed by atoms with Crippen LogP contribution < -0.4 is 9.64 Å². The number of anilines is 1. The molecule has 0 radical (unpaired) electrons. The minimum absolute atomic E-state index is 0.0486. The summed E-state index contributed by atoms with van der Waals surface area (Å²) in [5.74, 6) is -0.742. The molecule has 2 aromatic carbocycles. The number of fused-ring (bicyclic) bond motifs is 1. The molecule has 33 heavy (non-hydrogen) atoms. The van der Waals surface area contributed by atoms with Gasteiger partial charge in [0.2, 0.25) is 5.91 Å². The molecule has 2 heterocycles. The quantitative estimate of drug-likeness (QED) is 0.365. The number of pyridine rings is 1. The lowest BCUT2D eigenvalue weighted by Crippen LogP contribution is -2.35. The molecule has 2 aromatic heterocycles. The van der Waals surface area contributed by atoms with Gasteiger partial charge in [-0.15, -0.1) is 0 Å². The van der Waals surface area contributed by atoms with Crippen LogP contribution in [0.25, 0.3) is 10.2 Å². The fourth-order valence-corrected chi connectivity index (χ4v) is 5.64. The average Bonchev–Trinajstić information content (AvgIpc) is 3.25. The van der Waals surface area contributed by atoms with Crippen molar-refractivity contribution >= 4 is 54.0 Å². The third kappa shape index (κ3) is 5.00. The van der Waals surface area contributed by atoms with Gasteiger partial charge >= 0.3 is 0 Å². The van der Waals surface area contributed by atoms with Crippen molar-refractivity contribution < 1.29 is 17.9 Å². The third-order valence-electron chi connectivity index (χ3n) is 5.09. The van der Waals surface area contributed by atoms with Gasteiger partial charge in [-0.25, -0.2) is 13.4 Å². The Bertz CT molecular complexity index is 1410. The molecule has 4 rings (SSSR count). The van der Waals surface area contributed by atoms with Crippen LogP contribution in [0.5, 0.6) is 5.75 Å². The van der Waals surface area contributed by atoms with Crippen LogP contribution in [0.4, 0.5) is 5.13 Å². The first-order valence-electron chi connectivity index (χ1n) is 9.90. The number of sulfone groups is 1. The van der Waals surface area contributed by atoms with Crippen LogP contribution in [-0.2, 0) is 21.2 Å². The summed E-state index contributed by atoms with van der Waals surface area (Å²) in [6.07, 6.45) is 3.24. The van der Waals surface area contributed by atoms with Crippen LogP contribution in [0.3, 0.4) is 0 Å². The summed E-state index contributed by atoms with van der Waals surface area (Å²) < 4.78 is 31.9. The first kappa shape index (κ1) is 23.2. The number of ether oxygens (including phenoxy) is 1. The Labute approximate surface area is 200 Å². The molecule has 0 aliphatic carbocycles. The summed E-state index contributed by atoms with van der Waals surface area (Å²) in [5, 5.41) is 0.982. The fourth-order valence-electron chi connectivity index (χ4n) is 3.24. The Balaban J connectivity index is 1.70. The second-order valence-electron chi connectivity index (χ2n) is 7.29. The van der Waals surface area contributed by atoms with Gasteiger partial charge in [0.25, 0.3) is 0 Å². The van der Waals surface area contributed by atoms with Crippen LogP contribution in [0.1, 0.15) is 11.1 Å². The first-order valence-corrected chi connectivity index (χ1v) is 12.7. The number of methoxy groups -OCH3 is 1. The van der Waals surface area contributed by atoms with Crippen molar-refractivity contribution in [2.24, 2.45) is 0 Å². The van der Waals surface area contributed by atoms with Crippen molar-refractivity contribution in [3.05, 3.63) is 77.1 Å². The Kier molecular flexibility index (Phi) is 6.64. The lowest BCUT2D eigenvalue weighted by atomic mass is 10.2. The van der Waals surface area contributed by atoms with Crippen molar-refractivity contribution in [3.8, 4) is 5.75 Å². The third-order valence-corrected chi connectivity index (χ3v) is 8.16. The van der Waals surface area contributed by atoms with Crippen molar-refractivity contribution in [2.75, 3.05) is 17.8 Å². The Morgan fingerprint density at radius 1 is 1.09 bits per heavy atom. The number of benzene rings is 2. The van der Waals surface area contributed by atoms with Gasteiger partial charge in [0.15, 0.2) is 15.0 Å². The number of halogens is 1. The average molecular weight is 502 g/mol. The number of rotatable bonds is 7. The van der Waals surface area contributed by atoms with Crippen LogP contribution in [0.15, 0.2) is 65.8 Å². The van der Waals surface area contributed by atoms with Gasteiger partial charge in [-0.1, -0.05) is 22.9 Å². The van der Waals surface area contributed by atoms with E-state index in [9.17, 15) is 13.2 Å². The molecule has 0 aliphatic rings. The summed E-state index contributed by atoms with van der Waals surface area (Å²) >= 11 is 7.55. The van der Waals surface area contributed by atoms with E-state index in [0.29, 0.717) is 21.4 Å². The maximum atomic E-state index is 13.3. The molecule has 1 amide bonds. The van der Waals surface area contributed by atoms with Crippen molar-refractivity contribution in [2.45, 2.75) is 18.4 Å². The molecule has 0 fully saturated rings. The Morgan fingerprint density at radius 2 is 1.79 bits per heavy atom. The van der Waals surface area contributed by atoms with E-state index in [1.807, 2.05) is 13.0 Å². The zero-order valence-corrected chi connectivity index (χ0v) is 20.2. The van der Waals surface area contributed by atoms with Gasteiger partial charge in [-0.3, -0.25) is 14.7 Å². The highest BCUT2D eigenvalue weighted by Crippen LogP contribution is 2.34. The molecule has 0 unspecified atom stereocenters. The molecule has 4 aromatic rings. The molecular weight excluding hydrogens is 482 g/mol. The Morgan fingerprint density at radius 3 is 2.45 bits per heavy atom. The van der Waals surface area contributed by atoms with Gasteiger partial charge in [0.05, 0.1) is 28.8 Å². The van der Waals surface area contributed by atoms with Crippen LogP contribution >= 0.6 is 22.9 Å². The zero-order chi connectivity index (χ0) is 23.6. The highest BCUT2D eigenvalue weighted by Gasteiger charge is 2.27. The standard InChI is InChI=1S/C23H20ClN3O4S2/c1-15-19(24)7-8-20-22(15)26-23(32-20)27(13-16-9-11-25-12-10-16)21(28)14-33(29,30)18-5-3-17(31-2)4-6-18/h3-12H,13-14H2,1-2H3. The van der Waals surface area contributed by atoms with E-state index in [1.54, 1.807) is 42.7 Å². The minimum Gasteiger partial charge on any atom is -0.497 e. The molecule has 10 heteroatoms. The number of aromatic nitrogens is 2. The van der Waals surface area contributed by atoms with E-state index in [2.05, 4.69) is 9.97 Å². The summed E-state index contributed by atoms with van der Waals surface area (Å²) in [4.78, 5) is 23.4. The lowest BCUT2D eigenvalue weighted by molar-refractivity contribution is -0.116. The first-order chi connectivity index (χ1) is 15.8. The topological polar surface area (TPSA) is 89.5 Å². The highest BCUT2D eigenvalue weighted by atomic mass is 35.5. The van der Waals surface area contributed by atoms with E-state index in [-0.39, 0.29) is 11.4 Å². The molecule has 0 aliphatic heterocycles. The van der Waals surface area contributed by atoms with E-state index in [1.165, 1.54) is 35.5 Å². The summed E-state index contributed by atoms with van der Waals surface area (Å²) in [7, 11) is -2.38. The second kappa shape index (κ2) is 9.46. The normalized spacial score (nSPS) is 11.5. The summed E-state index contributed by atoms with van der Waals surface area (Å²) in [6, 6.07) is 13.1. The highest BCUT2D eigenvalue weighted by molar-refractivity contribution is 7.92. The minimum atomic E-state index is -3.88. The maximum Gasteiger partial charge on any atom is 0.244 e. The SMILES string of the molecule is COc1ccc(S(=O)(=O)CC(=O)N(Cc2ccncc2)c2nc3c(C)c(Cl)ccc3s2)cc1. The van der Waals surface area contributed by atoms with E-state index in [4.69, 9.17) is 16.3 Å². The van der Waals surface area contributed by atoms with E-state index >= 15 is 0 Å². The molecule has 0 atom stereocenters.